The molecule has 2 heterocycles. The highest BCUT2D eigenvalue weighted by Crippen LogP contribution is 2.36. The molecule has 1 unspecified atom stereocenters. The maximum atomic E-state index is 13.2. The monoisotopic (exact) mass is 657 g/mol. The normalized spacial score (nSPS) is 17.5. The molecule has 0 radical (unpaired) electrons. The molecule has 1 aliphatic heterocycles. The van der Waals surface area contributed by atoms with E-state index in [0.29, 0.717) is 36.2 Å². The molecule has 8 nitrogen and oxygen atoms in total. The lowest BCUT2D eigenvalue weighted by Gasteiger charge is -2.33. The molecule has 1 atom stereocenters. The molecule has 0 aliphatic carbocycles. The van der Waals surface area contributed by atoms with Crippen molar-refractivity contribution >= 4 is 38.1 Å². The fourth-order valence-electron chi connectivity index (χ4n) is 5.13. The number of aromatic nitrogens is 1. The molecule has 1 amide bonds. The van der Waals surface area contributed by atoms with Crippen LogP contribution >= 0.6 is 0 Å². The van der Waals surface area contributed by atoms with Crippen LogP contribution in [0.25, 0.3) is 10.9 Å². The largest absolute Gasteiger partial charge is 0.455 e. The number of carbonyl (C=O) groups is 2. The van der Waals surface area contributed by atoms with E-state index in [-0.39, 0.29) is 30.1 Å². The number of nitrogens with one attached hydrogen (secondary N) is 1. The second-order valence-corrected chi connectivity index (χ2v) is 12.6. The number of hydrogen-bond acceptors (Lipinski definition) is 7. The van der Waals surface area contributed by atoms with Gasteiger partial charge < -0.3 is 15.3 Å². The third-order valence-corrected chi connectivity index (χ3v) is 8.97. The molecule has 2 aromatic carbocycles. The van der Waals surface area contributed by atoms with E-state index in [1.807, 2.05) is 0 Å². The lowest BCUT2D eigenvalue weighted by atomic mass is 10.1. The summed E-state index contributed by atoms with van der Waals surface area (Å²) in [4.78, 5) is 29.4. The van der Waals surface area contributed by atoms with Gasteiger partial charge in [0.15, 0.2) is 15.6 Å². The summed E-state index contributed by atoms with van der Waals surface area (Å²) in [6, 6.07) is 13.4. The van der Waals surface area contributed by atoms with E-state index in [1.165, 1.54) is 30.3 Å². The Kier molecular flexibility index (Phi) is 9.92. The van der Waals surface area contributed by atoms with Gasteiger partial charge in [-0.3, -0.25) is 14.6 Å². The molecule has 0 saturated heterocycles. The van der Waals surface area contributed by atoms with Gasteiger partial charge in [-0.15, -0.1) is 0 Å². The number of nitrogens with zero attached hydrogens (tertiary/aromatic N) is 2. The Morgan fingerprint density at radius 1 is 0.933 bits per heavy atom. The highest BCUT2D eigenvalue weighted by Gasteiger charge is 2.49. The van der Waals surface area contributed by atoms with Gasteiger partial charge in [0.1, 0.15) is 5.75 Å². The summed E-state index contributed by atoms with van der Waals surface area (Å²) >= 11 is 0. The molecular formula is C30H29F6N3O5S. The fraction of sp³-hybridized carbons (Fsp3) is 0.367. The molecule has 4 rings (SSSR count). The van der Waals surface area contributed by atoms with Crippen molar-refractivity contribution in [3.8, 4) is 0 Å². The van der Waals surface area contributed by atoms with Crippen LogP contribution < -0.4 is 5.32 Å². The first-order chi connectivity index (χ1) is 21.0. The number of pyridine rings is 1. The second kappa shape index (κ2) is 13.2. The molecule has 0 fully saturated rings. The van der Waals surface area contributed by atoms with Gasteiger partial charge in [-0.25, -0.2) is 8.42 Å². The van der Waals surface area contributed by atoms with Crippen LogP contribution in [0.4, 0.5) is 32.0 Å². The first kappa shape index (κ1) is 33.9. The van der Waals surface area contributed by atoms with E-state index in [2.05, 4.69) is 10.3 Å². The van der Waals surface area contributed by atoms with E-state index in [4.69, 9.17) is 0 Å². The standard InChI is InChI=1S/C30H29F6N3O5S/c31-29(32,33)17-20-16-28(42,19-45(43,44)21-10-4-3-5-11-21)39(27(20)41)15-9-2-1-8-14-37-25-22-12-6-7-13-24(22)38-18-23(25)26(40)30(34,35)36/h3-7,10-13,16,18,42H,1-2,8-9,14-15,17,19H2,(H,37,38). The van der Waals surface area contributed by atoms with Crippen LogP contribution in [-0.4, -0.2) is 72.0 Å². The number of carbonyl (C=O) groups excluding carboxylic acids is 2. The van der Waals surface area contributed by atoms with Crippen molar-refractivity contribution in [2.45, 2.75) is 55.1 Å². The molecule has 1 aromatic heterocycles. The number of ketones is 1. The van der Waals surface area contributed by atoms with Gasteiger partial charge in [0, 0.05) is 30.2 Å². The number of unbranched alkanes of at least 4 members (excludes halogenated alkanes) is 3. The van der Waals surface area contributed by atoms with Gasteiger partial charge in [0.05, 0.1) is 28.1 Å². The number of benzene rings is 2. The zero-order chi connectivity index (χ0) is 33.0. The zero-order valence-corrected chi connectivity index (χ0v) is 24.5. The highest BCUT2D eigenvalue weighted by atomic mass is 32.2. The predicted octanol–water partition coefficient (Wildman–Crippen LogP) is 5.84. The SMILES string of the molecule is O=C1C(CC(F)(F)F)=CC(O)(CS(=O)(=O)c2ccccc2)N1CCCCCCNc1c(C(=O)C(F)(F)F)cnc2ccccc12. The lowest BCUT2D eigenvalue weighted by Crippen LogP contribution is -2.51. The summed E-state index contributed by atoms with van der Waals surface area (Å²) in [5.74, 6) is -4.20. The topological polar surface area (TPSA) is 117 Å². The lowest BCUT2D eigenvalue weighted by molar-refractivity contribution is -0.145. The number of halogens is 6. The molecule has 2 N–H and O–H groups in total. The average Bonchev–Trinajstić information content (AvgIpc) is 3.18. The first-order valence-corrected chi connectivity index (χ1v) is 15.5. The van der Waals surface area contributed by atoms with Crippen molar-refractivity contribution in [3.63, 3.8) is 0 Å². The maximum Gasteiger partial charge on any atom is 0.455 e. The van der Waals surface area contributed by atoms with Gasteiger partial charge in [0.2, 0.25) is 0 Å². The number of aliphatic hydroxyl groups is 1. The van der Waals surface area contributed by atoms with E-state index >= 15 is 0 Å². The number of amides is 1. The smallest absolute Gasteiger partial charge is 0.384 e. The van der Waals surface area contributed by atoms with Crippen LogP contribution in [0.5, 0.6) is 0 Å². The Morgan fingerprint density at radius 2 is 1.58 bits per heavy atom. The van der Waals surface area contributed by atoms with Crippen molar-refractivity contribution in [1.29, 1.82) is 0 Å². The van der Waals surface area contributed by atoms with Crippen molar-refractivity contribution in [2.24, 2.45) is 0 Å². The molecule has 15 heteroatoms. The number of alkyl halides is 6. The maximum absolute atomic E-state index is 13.2. The third kappa shape index (κ3) is 8.19. The Hall–Kier alpha value is -3.98. The molecule has 45 heavy (non-hydrogen) atoms. The number of fused-ring (bicyclic) bond motifs is 1. The van der Waals surface area contributed by atoms with Gasteiger partial charge in [0.25, 0.3) is 11.7 Å². The number of anilines is 1. The van der Waals surface area contributed by atoms with Crippen LogP contribution in [-0.2, 0) is 14.6 Å². The van der Waals surface area contributed by atoms with Crippen molar-refractivity contribution in [2.75, 3.05) is 24.2 Å². The quantitative estimate of drug-likeness (QED) is 0.135. The minimum Gasteiger partial charge on any atom is -0.384 e. The predicted molar refractivity (Wildman–Crippen MR) is 153 cm³/mol. The van der Waals surface area contributed by atoms with Crippen molar-refractivity contribution in [1.82, 2.24) is 9.88 Å². The van der Waals surface area contributed by atoms with Crippen molar-refractivity contribution in [3.05, 3.63) is 78.0 Å². The summed E-state index contributed by atoms with van der Waals surface area (Å²) < 4.78 is 105. The van der Waals surface area contributed by atoms with Crippen LogP contribution in [0.15, 0.2) is 77.3 Å². The van der Waals surface area contributed by atoms with Gasteiger partial charge in [-0.05, 0) is 37.1 Å². The Morgan fingerprint density at radius 3 is 2.24 bits per heavy atom. The Labute approximate surface area is 254 Å². The molecule has 242 valence electrons. The highest BCUT2D eigenvalue weighted by molar-refractivity contribution is 7.91. The number of para-hydroxylation sites is 1. The van der Waals surface area contributed by atoms with Crippen LogP contribution in [0, 0.1) is 0 Å². The summed E-state index contributed by atoms with van der Waals surface area (Å²) in [7, 11) is -4.21. The number of sulfone groups is 1. The summed E-state index contributed by atoms with van der Waals surface area (Å²) in [5, 5.41) is 14.4. The molecule has 1 aliphatic rings. The summed E-state index contributed by atoms with van der Waals surface area (Å²) in [6.45, 7) is -0.0878. The average molecular weight is 658 g/mol. The van der Waals surface area contributed by atoms with E-state index in [0.717, 1.165) is 11.1 Å². The van der Waals surface area contributed by atoms with Gasteiger partial charge in [-0.2, -0.15) is 26.3 Å². The van der Waals surface area contributed by atoms with Crippen LogP contribution in [0.2, 0.25) is 0 Å². The summed E-state index contributed by atoms with van der Waals surface area (Å²) in [5.41, 5.74) is -3.52. The molecule has 0 bridgehead atoms. The van der Waals surface area contributed by atoms with Crippen molar-refractivity contribution < 1.29 is 49.5 Å². The van der Waals surface area contributed by atoms with E-state index in [1.54, 1.807) is 24.3 Å². The molecule has 3 aromatic rings. The van der Waals surface area contributed by atoms with Crippen LogP contribution in [0.1, 0.15) is 42.5 Å². The minimum absolute atomic E-state index is 0.0152. The second-order valence-electron chi connectivity index (χ2n) is 10.6. The first-order valence-electron chi connectivity index (χ1n) is 13.9. The molecular weight excluding hydrogens is 628 g/mol. The molecule has 0 spiro atoms. The van der Waals surface area contributed by atoms with E-state index in [9.17, 15) is 49.5 Å². The van der Waals surface area contributed by atoms with E-state index < -0.39 is 62.9 Å². The minimum atomic E-state index is -5.11. The Bertz CT molecular complexity index is 1690. The number of Topliss-reactive ketones (excluding diaryl/α,β-unsaturated/α-hetero) is 1. The Balaban J connectivity index is 1.39. The zero-order valence-electron chi connectivity index (χ0n) is 23.7. The number of rotatable bonds is 13. The fourth-order valence-corrected chi connectivity index (χ4v) is 6.67. The summed E-state index contributed by atoms with van der Waals surface area (Å²) in [6.07, 6.45) is -8.57. The van der Waals surface area contributed by atoms with Crippen LogP contribution in [0.3, 0.4) is 0 Å². The van der Waals surface area contributed by atoms with Gasteiger partial charge >= 0.3 is 12.4 Å². The third-order valence-electron chi connectivity index (χ3n) is 7.18. The molecule has 0 saturated carbocycles. The number of hydrogen-bond donors (Lipinski definition) is 2. The van der Waals surface area contributed by atoms with Gasteiger partial charge in [-0.1, -0.05) is 49.2 Å².